The van der Waals surface area contributed by atoms with Gasteiger partial charge in [-0.05, 0) is 38.1 Å². The molecule has 1 aromatic carbocycles. The lowest BCUT2D eigenvalue weighted by Gasteiger charge is -2.21. The van der Waals surface area contributed by atoms with Crippen LogP contribution in [0.5, 0.6) is 0 Å². The molecule has 0 spiro atoms. The molecule has 0 saturated carbocycles. The van der Waals surface area contributed by atoms with Gasteiger partial charge in [-0.15, -0.1) is 0 Å². The molecule has 0 radical (unpaired) electrons. The summed E-state index contributed by atoms with van der Waals surface area (Å²) in [7, 11) is 0. The molecule has 0 bridgehead atoms. The van der Waals surface area contributed by atoms with Gasteiger partial charge in [0.25, 0.3) is 0 Å². The summed E-state index contributed by atoms with van der Waals surface area (Å²) in [5, 5.41) is 0. The van der Waals surface area contributed by atoms with Crippen molar-refractivity contribution in [3.05, 3.63) is 42.7 Å². The van der Waals surface area contributed by atoms with Gasteiger partial charge < -0.3 is 9.32 Å². The third-order valence-corrected chi connectivity index (χ3v) is 2.78. The summed E-state index contributed by atoms with van der Waals surface area (Å²) in [5.41, 5.74) is 2.38. The lowest BCUT2D eigenvalue weighted by molar-refractivity contribution is 0.582. The van der Waals surface area contributed by atoms with Crippen molar-refractivity contribution in [1.82, 2.24) is 0 Å². The number of furan rings is 1. The topological polar surface area (TPSA) is 16.4 Å². The fraction of sp³-hybridized carbons (Fsp3) is 0.286. The van der Waals surface area contributed by atoms with E-state index in [0.717, 1.165) is 24.4 Å². The smallest absolute Gasteiger partial charge is 0.133 e. The van der Waals surface area contributed by atoms with Crippen molar-refractivity contribution in [3.8, 4) is 11.3 Å². The van der Waals surface area contributed by atoms with Crippen LogP contribution < -0.4 is 4.90 Å². The molecule has 2 heteroatoms. The Bertz CT molecular complexity index is 430. The number of anilines is 1. The Morgan fingerprint density at radius 2 is 1.88 bits per heavy atom. The molecule has 0 unspecified atom stereocenters. The molecule has 1 aromatic heterocycles. The quantitative estimate of drug-likeness (QED) is 0.771. The van der Waals surface area contributed by atoms with Crippen LogP contribution in [0.25, 0.3) is 11.3 Å². The molecule has 16 heavy (non-hydrogen) atoms. The summed E-state index contributed by atoms with van der Waals surface area (Å²) in [6.07, 6.45) is 1.71. The highest BCUT2D eigenvalue weighted by Gasteiger charge is 2.05. The fourth-order valence-corrected chi connectivity index (χ4v) is 1.89. The minimum absolute atomic E-state index is 0.925. The highest BCUT2D eigenvalue weighted by molar-refractivity contribution is 5.64. The number of rotatable bonds is 4. The predicted octanol–water partition coefficient (Wildman–Crippen LogP) is 3.79. The van der Waals surface area contributed by atoms with Crippen molar-refractivity contribution in [2.24, 2.45) is 0 Å². The van der Waals surface area contributed by atoms with Gasteiger partial charge in [0.2, 0.25) is 0 Å². The van der Waals surface area contributed by atoms with Crippen molar-refractivity contribution in [1.29, 1.82) is 0 Å². The first kappa shape index (κ1) is 10.8. The molecule has 0 aliphatic carbocycles. The highest BCUT2D eigenvalue weighted by atomic mass is 16.3. The Hall–Kier alpha value is -1.70. The molecule has 0 atom stereocenters. The summed E-state index contributed by atoms with van der Waals surface area (Å²) in [5.74, 6) is 0.925. The van der Waals surface area contributed by atoms with Crippen LogP contribution in [0.4, 0.5) is 5.69 Å². The van der Waals surface area contributed by atoms with Crippen molar-refractivity contribution in [2.75, 3.05) is 18.0 Å². The van der Waals surface area contributed by atoms with Gasteiger partial charge in [0.05, 0.1) is 6.26 Å². The second kappa shape index (κ2) is 4.88. The largest absolute Gasteiger partial charge is 0.464 e. The first-order chi connectivity index (χ1) is 7.85. The van der Waals surface area contributed by atoms with Gasteiger partial charge in [-0.3, -0.25) is 0 Å². The molecule has 0 saturated heterocycles. The van der Waals surface area contributed by atoms with E-state index < -0.39 is 0 Å². The first-order valence-electron chi connectivity index (χ1n) is 5.74. The van der Waals surface area contributed by atoms with E-state index in [0.29, 0.717) is 0 Å². The van der Waals surface area contributed by atoms with Gasteiger partial charge in [-0.1, -0.05) is 12.1 Å². The molecule has 2 aromatic rings. The third-order valence-electron chi connectivity index (χ3n) is 2.78. The van der Waals surface area contributed by atoms with Crippen molar-refractivity contribution in [3.63, 3.8) is 0 Å². The normalized spacial score (nSPS) is 10.4. The van der Waals surface area contributed by atoms with E-state index in [1.54, 1.807) is 6.26 Å². The lowest BCUT2D eigenvalue weighted by Crippen LogP contribution is -2.21. The average molecular weight is 215 g/mol. The monoisotopic (exact) mass is 215 g/mol. The second-order valence-corrected chi connectivity index (χ2v) is 3.70. The number of hydrogen-bond donors (Lipinski definition) is 0. The van der Waals surface area contributed by atoms with Crippen LogP contribution in [-0.4, -0.2) is 13.1 Å². The molecular formula is C14H17NO. The zero-order valence-electron chi connectivity index (χ0n) is 9.81. The van der Waals surface area contributed by atoms with Crippen LogP contribution in [-0.2, 0) is 0 Å². The first-order valence-corrected chi connectivity index (χ1v) is 5.74. The van der Waals surface area contributed by atoms with Gasteiger partial charge >= 0.3 is 0 Å². The van der Waals surface area contributed by atoms with E-state index >= 15 is 0 Å². The lowest BCUT2D eigenvalue weighted by atomic mass is 10.1. The molecule has 0 fully saturated rings. The van der Waals surface area contributed by atoms with E-state index in [-0.39, 0.29) is 0 Å². The Morgan fingerprint density at radius 3 is 2.50 bits per heavy atom. The molecular weight excluding hydrogens is 198 g/mol. The summed E-state index contributed by atoms with van der Waals surface area (Å²) in [6.45, 7) is 6.39. The zero-order valence-corrected chi connectivity index (χ0v) is 9.81. The van der Waals surface area contributed by atoms with Crippen LogP contribution in [0.1, 0.15) is 13.8 Å². The van der Waals surface area contributed by atoms with Crippen LogP contribution in [0.2, 0.25) is 0 Å². The molecule has 1 heterocycles. The Balaban J connectivity index is 2.33. The van der Waals surface area contributed by atoms with E-state index in [1.807, 2.05) is 12.1 Å². The maximum atomic E-state index is 5.40. The molecule has 0 N–H and O–H groups in total. The SMILES string of the molecule is CCN(CC)c1cccc(-c2ccco2)c1. The van der Waals surface area contributed by atoms with Gasteiger partial charge in [-0.2, -0.15) is 0 Å². The number of benzene rings is 1. The molecule has 2 rings (SSSR count). The van der Waals surface area contributed by atoms with Crippen LogP contribution in [0, 0.1) is 0 Å². The average Bonchev–Trinajstić information content (AvgIpc) is 2.85. The standard InChI is InChI=1S/C14H17NO/c1-3-15(4-2)13-8-5-7-12(11-13)14-9-6-10-16-14/h5-11H,3-4H2,1-2H3. The maximum Gasteiger partial charge on any atom is 0.133 e. The Morgan fingerprint density at radius 1 is 1.06 bits per heavy atom. The highest BCUT2D eigenvalue weighted by Crippen LogP contribution is 2.24. The number of nitrogens with zero attached hydrogens (tertiary/aromatic N) is 1. The molecule has 84 valence electrons. The van der Waals surface area contributed by atoms with Gasteiger partial charge in [-0.25, -0.2) is 0 Å². The third kappa shape index (κ3) is 2.11. The Labute approximate surface area is 96.5 Å². The molecule has 0 aliphatic rings. The van der Waals surface area contributed by atoms with Gasteiger partial charge in [0, 0.05) is 24.3 Å². The molecule has 0 aliphatic heterocycles. The molecule has 0 amide bonds. The fourth-order valence-electron chi connectivity index (χ4n) is 1.89. The predicted molar refractivity (Wildman–Crippen MR) is 67.7 cm³/mol. The van der Waals surface area contributed by atoms with Crippen LogP contribution in [0.15, 0.2) is 47.1 Å². The second-order valence-electron chi connectivity index (χ2n) is 3.70. The molecule has 2 nitrogen and oxygen atoms in total. The van der Waals surface area contributed by atoms with Crippen molar-refractivity contribution >= 4 is 5.69 Å². The summed E-state index contributed by atoms with van der Waals surface area (Å²) in [4.78, 5) is 2.33. The van der Waals surface area contributed by atoms with Crippen LogP contribution in [0.3, 0.4) is 0 Å². The van der Waals surface area contributed by atoms with E-state index in [9.17, 15) is 0 Å². The maximum absolute atomic E-state index is 5.40. The summed E-state index contributed by atoms with van der Waals surface area (Å²) >= 11 is 0. The minimum Gasteiger partial charge on any atom is -0.464 e. The van der Waals surface area contributed by atoms with Crippen molar-refractivity contribution in [2.45, 2.75) is 13.8 Å². The van der Waals surface area contributed by atoms with E-state index in [4.69, 9.17) is 4.42 Å². The van der Waals surface area contributed by atoms with Gasteiger partial charge in [0.15, 0.2) is 0 Å². The van der Waals surface area contributed by atoms with E-state index in [1.165, 1.54) is 5.69 Å². The summed E-state index contributed by atoms with van der Waals surface area (Å²) in [6, 6.07) is 12.4. The zero-order chi connectivity index (χ0) is 11.4. The van der Waals surface area contributed by atoms with Crippen LogP contribution >= 0.6 is 0 Å². The Kier molecular flexibility index (Phi) is 3.30. The van der Waals surface area contributed by atoms with Gasteiger partial charge in [0.1, 0.15) is 5.76 Å². The van der Waals surface area contributed by atoms with Crippen molar-refractivity contribution < 1.29 is 4.42 Å². The minimum atomic E-state index is 0.925. The van der Waals surface area contributed by atoms with E-state index in [2.05, 4.69) is 43.0 Å². The summed E-state index contributed by atoms with van der Waals surface area (Å²) < 4.78 is 5.40. The number of hydrogen-bond acceptors (Lipinski definition) is 2.